The van der Waals surface area contributed by atoms with E-state index in [9.17, 15) is 26.4 Å². The van der Waals surface area contributed by atoms with Gasteiger partial charge in [-0.05, 0) is 24.6 Å². The third kappa shape index (κ3) is 5.05. The molecular formula is C18H18F3N5O4S. The number of nitrogens with zero attached hydrogens (tertiary/aromatic N) is 2. The van der Waals surface area contributed by atoms with Crippen LogP contribution in [0.1, 0.15) is 23.7 Å². The predicted octanol–water partition coefficient (Wildman–Crippen LogP) is 2.99. The lowest BCUT2D eigenvalue weighted by molar-refractivity contribution is 0.101. The van der Waals surface area contributed by atoms with E-state index in [0.717, 1.165) is 12.1 Å². The molecule has 0 saturated carbocycles. The van der Waals surface area contributed by atoms with Crippen molar-refractivity contribution < 1.29 is 31.1 Å². The number of rotatable bonds is 9. The lowest BCUT2D eigenvalue weighted by Gasteiger charge is -2.12. The van der Waals surface area contributed by atoms with Gasteiger partial charge in [-0.2, -0.15) is 0 Å². The minimum atomic E-state index is -3.86. The summed E-state index contributed by atoms with van der Waals surface area (Å²) in [7, 11) is -3.86. The molecule has 1 aromatic carbocycles. The van der Waals surface area contributed by atoms with E-state index < -0.39 is 45.5 Å². The molecular weight excluding hydrogens is 439 g/mol. The molecule has 0 saturated heterocycles. The third-order valence-electron chi connectivity index (χ3n) is 4.01. The molecule has 2 aromatic heterocycles. The quantitative estimate of drug-likeness (QED) is 0.454. The van der Waals surface area contributed by atoms with E-state index in [4.69, 9.17) is 4.74 Å². The monoisotopic (exact) mass is 457 g/mol. The van der Waals surface area contributed by atoms with Crippen molar-refractivity contribution in [3.8, 4) is 5.88 Å². The molecule has 3 N–H and O–H groups in total. The van der Waals surface area contributed by atoms with Crippen molar-refractivity contribution in [1.82, 2.24) is 15.2 Å². The first-order valence-electron chi connectivity index (χ1n) is 9.08. The predicted molar refractivity (Wildman–Crippen MR) is 107 cm³/mol. The fourth-order valence-corrected chi connectivity index (χ4v) is 3.85. The molecule has 2 heterocycles. The third-order valence-corrected chi connectivity index (χ3v) is 5.49. The maximum atomic E-state index is 14.8. The van der Waals surface area contributed by atoms with Crippen molar-refractivity contribution in [3.05, 3.63) is 41.6 Å². The van der Waals surface area contributed by atoms with E-state index in [1.54, 1.807) is 6.92 Å². The lowest BCUT2D eigenvalue weighted by atomic mass is 10.1. The Morgan fingerprint density at radius 1 is 1.29 bits per heavy atom. The average molecular weight is 457 g/mol. The molecule has 0 aliphatic rings. The Morgan fingerprint density at radius 3 is 2.77 bits per heavy atom. The highest BCUT2D eigenvalue weighted by molar-refractivity contribution is 7.92. The van der Waals surface area contributed by atoms with Gasteiger partial charge in [0.15, 0.2) is 11.5 Å². The van der Waals surface area contributed by atoms with Gasteiger partial charge in [-0.1, -0.05) is 6.92 Å². The number of alkyl halides is 1. The molecule has 9 nitrogen and oxygen atoms in total. The number of ether oxygens (including phenoxy) is 1. The van der Waals surface area contributed by atoms with E-state index >= 15 is 0 Å². The van der Waals surface area contributed by atoms with Crippen molar-refractivity contribution in [2.45, 2.75) is 13.3 Å². The maximum Gasteiger partial charge on any atom is 0.261 e. The number of sulfonamides is 1. The smallest absolute Gasteiger partial charge is 0.261 e. The SMILES string of the molecule is CCCS(=O)(=O)Nc1ccc(F)c(C(=O)Nc2cnc3[nH]nc(OCCF)c3c2)c1F. The number of nitrogens with one attached hydrogen (secondary N) is 3. The van der Waals surface area contributed by atoms with Gasteiger partial charge in [0.1, 0.15) is 24.7 Å². The largest absolute Gasteiger partial charge is 0.473 e. The van der Waals surface area contributed by atoms with Gasteiger partial charge in [-0.3, -0.25) is 14.6 Å². The van der Waals surface area contributed by atoms with Gasteiger partial charge in [0, 0.05) is 0 Å². The van der Waals surface area contributed by atoms with Gasteiger partial charge >= 0.3 is 0 Å². The summed E-state index contributed by atoms with van der Waals surface area (Å²) in [6.45, 7) is 0.640. The minimum absolute atomic E-state index is 0.0425. The van der Waals surface area contributed by atoms with Crippen molar-refractivity contribution in [3.63, 3.8) is 0 Å². The number of benzene rings is 1. The van der Waals surface area contributed by atoms with Crippen LogP contribution in [-0.4, -0.2) is 48.5 Å². The maximum absolute atomic E-state index is 14.8. The zero-order chi connectivity index (χ0) is 22.6. The second-order valence-electron chi connectivity index (χ2n) is 6.35. The minimum Gasteiger partial charge on any atom is -0.473 e. The van der Waals surface area contributed by atoms with Crippen molar-refractivity contribution in [2.24, 2.45) is 0 Å². The first-order valence-corrected chi connectivity index (χ1v) is 10.7. The standard InChI is InChI=1S/C18H18F3N5O4S/c1-2-7-31(28,29)26-13-4-3-12(20)14(15(13)21)17(27)23-10-8-11-16(22-9-10)24-25-18(11)30-6-5-19/h3-4,8-9,26H,2,5-7H2,1H3,(H,23,27)(H,22,24,25). The number of carbonyl (C=O) groups excluding carboxylic acids is 1. The van der Waals surface area contributed by atoms with Crippen LogP contribution in [0, 0.1) is 11.6 Å². The molecule has 1 amide bonds. The fraction of sp³-hybridized carbons (Fsp3) is 0.278. The van der Waals surface area contributed by atoms with Crippen LogP contribution >= 0.6 is 0 Å². The highest BCUT2D eigenvalue weighted by Gasteiger charge is 2.23. The second-order valence-corrected chi connectivity index (χ2v) is 8.19. The Kier molecular flexibility index (Phi) is 6.63. The number of aromatic amines is 1. The molecule has 0 aliphatic heterocycles. The number of anilines is 2. The number of halogens is 3. The topological polar surface area (TPSA) is 126 Å². The van der Waals surface area contributed by atoms with Gasteiger partial charge in [-0.15, -0.1) is 5.10 Å². The van der Waals surface area contributed by atoms with Crippen molar-refractivity contribution in [1.29, 1.82) is 0 Å². The number of hydrogen-bond donors (Lipinski definition) is 3. The first-order chi connectivity index (χ1) is 14.8. The normalized spacial score (nSPS) is 11.5. The van der Waals surface area contributed by atoms with E-state index in [1.165, 1.54) is 12.3 Å². The molecule has 31 heavy (non-hydrogen) atoms. The average Bonchev–Trinajstić information content (AvgIpc) is 3.11. The van der Waals surface area contributed by atoms with Crippen LogP contribution < -0.4 is 14.8 Å². The Balaban J connectivity index is 1.88. The molecule has 166 valence electrons. The summed E-state index contributed by atoms with van der Waals surface area (Å²) in [4.78, 5) is 16.5. The summed E-state index contributed by atoms with van der Waals surface area (Å²) in [6.07, 6.45) is 1.49. The summed E-state index contributed by atoms with van der Waals surface area (Å²) >= 11 is 0. The van der Waals surface area contributed by atoms with Gasteiger partial charge < -0.3 is 10.1 Å². The van der Waals surface area contributed by atoms with E-state index in [-0.39, 0.29) is 36.0 Å². The number of hydrogen-bond acceptors (Lipinski definition) is 6. The van der Waals surface area contributed by atoms with Crippen LogP contribution in [0.4, 0.5) is 24.5 Å². The van der Waals surface area contributed by atoms with Gasteiger partial charge in [0.05, 0.1) is 28.7 Å². The Labute approximate surface area is 175 Å². The molecule has 0 bridgehead atoms. The van der Waals surface area contributed by atoms with Crippen LogP contribution in [0.5, 0.6) is 5.88 Å². The van der Waals surface area contributed by atoms with Gasteiger partial charge in [-0.25, -0.2) is 26.6 Å². The molecule has 0 spiro atoms. The number of fused-ring (bicyclic) bond motifs is 1. The Bertz CT molecular complexity index is 1220. The summed E-state index contributed by atoms with van der Waals surface area (Å²) in [6, 6.07) is 3.05. The zero-order valence-corrected chi connectivity index (χ0v) is 17.0. The van der Waals surface area contributed by atoms with Crippen LogP contribution in [0.25, 0.3) is 11.0 Å². The number of aromatic nitrogens is 3. The summed E-state index contributed by atoms with van der Waals surface area (Å²) < 4.78 is 72.2. The zero-order valence-electron chi connectivity index (χ0n) is 16.2. The molecule has 0 aliphatic carbocycles. The van der Waals surface area contributed by atoms with Gasteiger partial charge in [0.2, 0.25) is 15.9 Å². The summed E-state index contributed by atoms with van der Waals surface area (Å²) in [5.41, 5.74) is -1.18. The molecule has 13 heteroatoms. The van der Waals surface area contributed by atoms with E-state index in [1.807, 2.05) is 4.72 Å². The fourth-order valence-electron chi connectivity index (χ4n) is 2.71. The Morgan fingerprint density at radius 2 is 2.06 bits per heavy atom. The molecule has 0 radical (unpaired) electrons. The van der Waals surface area contributed by atoms with Crippen molar-refractivity contribution in [2.75, 3.05) is 29.1 Å². The molecule has 0 atom stereocenters. The van der Waals surface area contributed by atoms with E-state index in [2.05, 4.69) is 20.5 Å². The summed E-state index contributed by atoms with van der Waals surface area (Å²) in [5, 5.41) is 8.99. The van der Waals surface area contributed by atoms with Crippen molar-refractivity contribution >= 4 is 38.3 Å². The first kappa shape index (κ1) is 22.3. The lowest BCUT2D eigenvalue weighted by Crippen LogP contribution is -2.20. The molecule has 0 unspecified atom stereocenters. The van der Waals surface area contributed by atoms with Crippen LogP contribution in [0.3, 0.4) is 0 Å². The number of carbonyl (C=O) groups is 1. The number of amides is 1. The number of H-pyrrole nitrogens is 1. The molecule has 0 fully saturated rings. The Hall–Kier alpha value is -3.35. The summed E-state index contributed by atoms with van der Waals surface area (Å²) in [5.74, 6) is -3.93. The highest BCUT2D eigenvalue weighted by Crippen LogP contribution is 2.26. The molecule has 3 rings (SSSR count). The second kappa shape index (κ2) is 9.20. The van der Waals surface area contributed by atoms with E-state index in [0.29, 0.717) is 5.39 Å². The van der Waals surface area contributed by atoms with Crippen LogP contribution in [-0.2, 0) is 10.0 Å². The van der Waals surface area contributed by atoms with Crippen LogP contribution in [0.2, 0.25) is 0 Å². The highest BCUT2D eigenvalue weighted by atomic mass is 32.2. The molecule has 3 aromatic rings. The number of pyridine rings is 1. The van der Waals surface area contributed by atoms with Crippen LogP contribution in [0.15, 0.2) is 24.4 Å². The van der Waals surface area contributed by atoms with Gasteiger partial charge in [0.25, 0.3) is 5.91 Å².